The SMILES string of the molecule is C[C@@H]1CC[C@@H](C(C)(C)c2ccccc2)[C@H](OC(=O)[C@](COCc2ccccc2)(NC(=O)OCc2ccccc2)[C@@H](O)[C@H](O)CCO[Si](C)(C)C(C)(C)C)C1. The first kappa shape index (κ1) is 43.2. The molecule has 1 saturated carbocycles. The predicted octanol–water partition coefficient (Wildman–Crippen LogP) is 8.33. The Balaban J connectivity index is 1.69. The fourth-order valence-electron chi connectivity index (χ4n) is 7.02. The third-order valence-electron chi connectivity index (χ3n) is 11.7. The van der Waals surface area contributed by atoms with Crippen molar-refractivity contribution in [3.8, 4) is 0 Å². The molecule has 0 radical (unpaired) electrons. The van der Waals surface area contributed by atoms with E-state index in [9.17, 15) is 19.8 Å². The van der Waals surface area contributed by atoms with Gasteiger partial charge in [-0.1, -0.05) is 139 Å². The molecule has 0 unspecified atom stereocenters. The van der Waals surface area contributed by atoms with Crippen LogP contribution in [0.25, 0.3) is 0 Å². The molecule has 296 valence electrons. The monoisotopic (exact) mass is 761 g/mol. The summed E-state index contributed by atoms with van der Waals surface area (Å²) in [6, 6.07) is 28.7. The second kappa shape index (κ2) is 18.9. The smallest absolute Gasteiger partial charge is 0.408 e. The van der Waals surface area contributed by atoms with Crippen LogP contribution >= 0.6 is 0 Å². The number of carbonyl (C=O) groups is 2. The second-order valence-corrected chi connectivity index (χ2v) is 21.9. The second-order valence-electron chi connectivity index (χ2n) is 17.1. The van der Waals surface area contributed by atoms with Gasteiger partial charge in [0.25, 0.3) is 0 Å². The van der Waals surface area contributed by atoms with Crippen molar-refractivity contribution in [1.29, 1.82) is 0 Å². The number of amides is 1. The van der Waals surface area contributed by atoms with Crippen LogP contribution in [0.4, 0.5) is 4.79 Å². The summed E-state index contributed by atoms with van der Waals surface area (Å²) in [6.07, 6.45) is -2.42. The van der Waals surface area contributed by atoms with Crippen LogP contribution in [0.2, 0.25) is 18.1 Å². The first-order valence-electron chi connectivity index (χ1n) is 19.3. The van der Waals surface area contributed by atoms with E-state index >= 15 is 0 Å². The average Bonchev–Trinajstić information content (AvgIpc) is 3.13. The summed E-state index contributed by atoms with van der Waals surface area (Å²) in [7, 11) is -2.19. The summed E-state index contributed by atoms with van der Waals surface area (Å²) in [4.78, 5) is 28.6. The number of aliphatic hydroxyl groups excluding tert-OH is 2. The van der Waals surface area contributed by atoms with Gasteiger partial charge in [0.15, 0.2) is 13.9 Å². The number of aliphatic hydroxyl groups is 2. The highest BCUT2D eigenvalue weighted by molar-refractivity contribution is 6.74. The molecular formula is C44H63NO8Si. The Morgan fingerprint density at radius 1 is 0.833 bits per heavy atom. The van der Waals surface area contributed by atoms with Crippen LogP contribution in [-0.2, 0) is 42.1 Å². The maximum absolute atomic E-state index is 14.9. The topological polar surface area (TPSA) is 124 Å². The normalized spacial score (nSPS) is 20.3. The third kappa shape index (κ3) is 11.3. The van der Waals surface area contributed by atoms with E-state index in [1.165, 1.54) is 0 Å². The van der Waals surface area contributed by atoms with Crippen molar-refractivity contribution in [2.75, 3.05) is 13.2 Å². The Morgan fingerprint density at radius 3 is 1.96 bits per heavy atom. The van der Waals surface area contributed by atoms with Crippen molar-refractivity contribution in [3.05, 3.63) is 108 Å². The highest BCUT2D eigenvalue weighted by atomic mass is 28.4. The maximum Gasteiger partial charge on any atom is 0.408 e. The van der Waals surface area contributed by atoms with Crippen molar-refractivity contribution in [2.24, 2.45) is 11.8 Å². The van der Waals surface area contributed by atoms with Crippen molar-refractivity contribution in [1.82, 2.24) is 5.32 Å². The fourth-order valence-corrected chi connectivity index (χ4v) is 8.08. The molecule has 54 heavy (non-hydrogen) atoms. The lowest BCUT2D eigenvalue weighted by Crippen LogP contribution is -2.69. The largest absolute Gasteiger partial charge is 0.460 e. The van der Waals surface area contributed by atoms with Gasteiger partial charge in [-0.05, 0) is 65.4 Å². The Bertz CT molecular complexity index is 1600. The Kier molecular flexibility index (Phi) is 15.1. The molecule has 1 fully saturated rings. The number of carbonyl (C=O) groups excluding carboxylic acids is 2. The molecule has 0 saturated heterocycles. The third-order valence-corrected chi connectivity index (χ3v) is 16.2. The molecule has 0 aliphatic heterocycles. The number of benzene rings is 3. The molecule has 3 aromatic rings. The number of rotatable bonds is 17. The minimum Gasteiger partial charge on any atom is -0.460 e. The van der Waals surface area contributed by atoms with Crippen molar-refractivity contribution < 1.29 is 38.4 Å². The highest BCUT2D eigenvalue weighted by Gasteiger charge is 2.54. The first-order chi connectivity index (χ1) is 25.5. The number of esters is 1. The van der Waals surface area contributed by atoms with Crippen LogP contribution in [0.1, 0.15) is 83.9 Å². The number of hydrogen-bond donors (Lipinski definition) is 3. The Hall–Kier alpha value is -3.54. The highest BCUT2D eigenvalue weighted by Crippen LogP contribution is 2.44. The van der Waals surface area contributed by atoms with Crippen LogP contribution in [-0.4, -0.2) is 67.7 Å². The van der Waals surface area contributed by atoms with Crippen molar-refractivity contribution >= 4 is 20.4 Å². The zero-order valence-electron chi connectivity index (χ0n) is 33.5. The summed E-state index contributed by atoms with van der Waals surface area (Å²) in [6.45, 7) is 16.7. The van der Waals surface area contributed by atoms with Gasteiger partial charge in [-0.2, -0.15) is 0 Å². The average molecular weight is 762 g/mol. The van der Waals surface area contributed by atoms with Crippen LogP contribution in [0.5, 0.6) is 0 Å². The van der Waals surface area contributed by atoms with E-state index in [1.54, 1.807) is 0 Å². The van der Waals surface area contributed by atoms with E-state index in [0.29, 0.717) is 6.42 Å². The molecule has 3 aromatic carbocycles. The molecule has 1 aliphatic carbocycles. The van der Waals surface area contributed by atoms with E-state index in [1.807, 2.05) is 78.9 Å². The van der Waals surface area contributed by atoms with Gasteiger partial charge in [-0.3, -0.25) is 0 Å². The molecular weight excluding hydrogens is 699 g/mol. The van der Waals surface area contributed by atoms with Gasteiger partial charge in [0.05, 0.1) is 19.3 Å². The van der Waals surface area contributed by atoms with E-state index in [4.69, 9.17) is 18.6 Å². The zero-order chi connectivity index (χ0) is 39.6. The summed E-state index contributed by atoms with van der Waals surface area (Å²) in [5, 5.41) is 26.4. The lowest BCUT2D eigenvalue weighted by Gasteiger charge is -2.46. The van der Waals surface area contributed by atoms with Crippen molar-refractivity contribution in [3.63, 3.8) is 0 Å². The number of alkyl carbamates (subject to hydrolysis) is 1. The van der Waals surface area contributed by atoms with Gasteiger partial charge in [-0.25, -0.2) is 9.59 Å². The Labute approximate surface area is 323 Å². The lowest BCUT2D eigenvalue weighted by atomic mass is 9.64. The molecule has 0 spiro atoms. The number of hydrogen-bond acceptors (Lipinski definition) is 8. The van der Waals surface area contributed by atoms with E-state index in [-0.39, 0.29) is 48.5 Å². The standard InChI is InChI=1S/C44H63NO8Si/c1-32-24-25-36(43(5,6)35-22-16-11-17-23-35)38(28-32)53-40(48)44(31-50-29-33-18-12-9-13-19-33,45-41(49)51-30-34-20-14-10-15-21-34)39(47)37(46)26-27-52-54(7,8)42(2,3)4/h9-23,32,36-39,46-47H,24-31H2,1-8H3,(H,45,49)/t32-,36-,37-,38-,39+,44-/m1/s1. The quantitative estimate of drug-likeness (QED) is 0.0928. The van der Waals surface area contributed by atoms with Gasteiger partial charge < -0.3 is 34.2 Å². The summed E-state index contributed by atoms with van der Waals surface area (Å²) in [5.41, 5.74) is 0.103. The number of nitrogens with one attached hydrogen (secondary N) is 1. The summed E-state index contributed by atoms with van der Waals surface area (Å²) in [5.74, 6) is -0.675. The zero-order valence-corrected chi connectivity index (χ0v) is 34.5. The molecule has 0 aromatic heterocycles. The molecule has 9 nitrogen and oxygen atoms in total. The Morgan fingerprint density at radius 2 is 1.39 bits per heavy atom. The molecule has 0 bridgehead atoms. The molecule has 4 rings (SSSR count). The minimum atomic E-state index is -2.24. The van der Waals surface area contributed by atoms with E-state index < -0.39 is 50.8 Å². The molecule has 3 N–H and O–H groups in total. The van der Waals surface area contributed by atoms with Crippen molar-refractivity contribution in [2.45, 2.75) is 128 Å². The molecule has 6 atom stereocenters. The molecule has 0 heterocycles. The van der Waals surface area contributed by atoms with E-state index in [2.05, 4.69) is 72.1 Å². The number of ether oxygens (including phenoxy) is 3. The van der Waals surface area contributed by atoms with E-state index in [0.717, 1.165) is 29.5 Å². The van der Waals surface area contributed by atoms with Crippen LogP contribution in [0, 0.1) is 11.8 Å². The first-order valence-corrected chi connectivity index (χ1v) is 22.2. The predicted molar refractivity (Wildman–Crippen MR) is 214 cm³/mol. The van der Waals surface area contributed by atoms with Gasteiger partial charge in [0.1, 0.15) is 18.8 Å². The van der Waals surface area contributed by atoms with Crippen LogP contribution in [0.3, 0.4) is 0 Å². The lowest BCUT2D eigenvalue weighted by molar-refractivity contribution is -0.179. The maximum atomic E-state index is 14.9. The summed E-state index contributed by atoms with van der Waals surface area (Å²) < 4.78 is 24.6. The van der Waals surface area contributed by atoms with Gasteiger partial charge in [0.2, 0.25) is 0 Å². The van der Waals surface area contributed by atoms with Gasteiger partial charge >= 0.3 is 12.1 Å². The van der Waals surface area contributed by atoms with Crippen LogP contribution in [0.15, 0.2) is 91.0 Å². The molecule has 1 aliphatic rings. The van der Waals surface area contributed by atoms with Gasteiger partial charge in [-0.15, -0.1) is 0 Å². The van der Waals surface area contributed by atoms with Crippen LogP contribution < -0.4 is 5.32 Å². The molecule has 10 heteroatoms. The molecule has 1 amide bonds. The summed E-state index contributed by atoms with van der Waals surface area (Å²) >= 11 is 0. The fraction of sp³-hybridized carbons (Fsp3) is 0.545. The minimum absolute atomic E-state index is 0.00621. The van der Waals surface area contributed by atoms with Gasteiger partial charge in [0, 0.05) is 12.5 Å².